The van der Waals surface area contributed by atoms with Crippen molar-refractivity contribution in [1.82, 2.24) is 10.3 Å². The van der Waals surface area contributed by atoms with Gasteiger partial charge in [0.05, 0.1) is 14.2 Å². The SMILES string of the molecule is COc1ccc(C(CC(=O)CCC(=O)N[C@@H](Cc2ccc(O)cc2)C(=O)O)c2c[nH]c3ccc(OC)cc23)cc1. The number of carbonyl (C=O) groups excluding carboxylic acids is 2. The lowest BCUT2D eigenvalue weighted by molar-refractivity contribution is -0.141. The summed E-state index contributed by atoms with van der Waals surface area (Å²) in [5, 5.41) is 22.5. The number of Topliss-reactive ketones (excluding diaryl/α,β-unsaturated/α-hetero) is 1. The molecule has 0 bridgehead atoms. The van der Waals surface area contributed by atoms with Crippen LogP contribution in [0.3, 0.4) is 0 Å². The third-order valence-electron chi connectivity index (χ3n) is 6.89. The molecule has 0 radical (unpaired) electrons. The fourth-order valence-electron chi connectivity index (χ4n) is 4.70. The van der Waals surface area contributed by atoms with Crippen LogP contribution in [0.1, 0.15) is 41.9 Å². The standard InChI is InChI=1S/C31H32N2O7/c1-39-23-10-5-20(6-11-23)25(27-18-32-28-13-12-24(40-2)17-26(27)28)16-22(35)9-14-30(36)33-29(31(37)38)15-19-3-7-21(34)8-4-19/h3-8,10-13,17-18,25,29,32,34H,9,14-16H2,1-2H3,(H,33,36)(H,37,38)/t25?,29-/m0/s1. The molecule has 1 aromatic heterocycles. The highest BCUT2D eigenvalue weighted by Gasteiger charge is 2.24. The summed E-state index contributed by atoms with van der Waals surface area (Å²) in [6.45, 7) is 0. The number of ketones is 1. The molecule has 3 aromatic carbocycles. The number of hydrogen-bond donors (Lipinski definition) is 4. The van der Waals surface area contributed by atoms with Crippen LogP contribution in [0, 0.1) is 0 Å². The number of phenolic OH excluding ortho intramolecular Hbond substituents is 1. The molecule has 40 heavy (non-hydrogen) atoms. The van der Waals surface area contributed by atoms with Crippen LogP contribution in [0.4, 0.5) is 0 Å². The van der Waals surface area contributed by atoms with Crippen molar-refractivity contribution in [3.8, 4) is 17.2 Å². The molecule has 0 saturated heterocycles. The number of ether oxygens (including phenoxy) is 2. The molecule has 0 saturated carbocycles. The van der Waals surface area contributed by atoms with Crippen LogP contribution in [-0.4, -0.2) is 53.1 Å². The summed E-state index contributed by atoms with van der Waals surface area (Å²) in [5.74, 6) is -0.643. The van der Waals surface area contributed by atoms with Gasteiger partial charge in [0.1, 0.15) is 29.1 Å². The van der Waals surface area contributed by atoms with E-state index >= 15 is 0 Å². The van der Waals surface area contributed by atoms with Crippen molar-refractivity contribution in [3.05, 3.63) is 89.6 Å². The minimum atomic E-state index is -1.18. The smallest absolute Gasteiger partial charge is 0.326 e. The number of aromatic amines is 1. The zero-order chi connectivity index (χ0) is 28.6. The van der Waals surface area contributed by atoms with Crippen LogP contribution in [0.25, 0.3) is 10.9 Å². The number of amides is 1. The highest BCUT2D eigenvalue weighted by molar-refractivity contribution is 5.90. The first-order valence-corrected chi connectivity index (χ1v) is 12.9. The van der Waals surface area contributed by atoms with Gasteiger partial charge in [-0.1, -0.05) is 24.3 Å². The van der Waals surface area contributed by atoms with Gasteiger partial charge < -0.3 is 30.0 Å². The van der Waals surface area contributed by atoms with Crippen LogP contribution >= 0.6 is 0 Å². The Hall–Kier alpha value is -4.79. The fraction of sp³-hybridized carbons (Fsp3) is 0.258. The Morgan fingerprint density at radius 1 is 0.900 bits per heavy atom. The number of phenols is 1. The number of aliphatic carboxylic acids is 1. The van der Waals surface area contributed by atoms with E-state index in [-0.39, 0.29) is 43.1 Å². The number of carboxylic acids is 1. The lowest BCUT2D eigenvalue weighted by atomic mass is 9.86. The first-order valence-electron chi connectivity index (χ1n) is 12.9. The van der Waals surface area contributed by atoms with Crippen molar-refractivity contribution in [2.45, 2.75) is 37.6 Å². The minimum absolute atomic E-state index is 0.0320. The summed E-state index contributed by atoms with van der Waals surface area (Å²) in [5.41, 5.74) is 3.41. The number of hydrogen-bond acceptors (Lipinski definition) is 6. The fourth-order valence-corrected chi connectivity index (χ4v) is 4.70. The van der Waals surface area contributed by atoms with E-state index in [2.05, 4.69) is 10.3 Å². The van der Waals surface area contributed by atoms with Crippen molar-refractivity contribution in [3.63, 3.8) is 0 Å². The summed E-state index contributed by atoms with van der Waals surface area (Å²) < 4.78 is 10.7. The highest BCUT2D eigenvalue weighted by Crippen LogP contribution is 2.36. The van der Waals surface area contributed by atoms with Crippen LogP contribution in [0.15, 0.2) is 72.9 Å². The maximum absolute atomic E-state index is 13.2. The van der Waals surface area contributed by atoms with Gasteiger partial charge in [0.25, 0.3) is 0 Å². The number of aromatic nitrogens is 1. The summed E-state index contributed by atoms with van der Waals surface area (Å²) >= 11 is 0. The molecule has 1 unspecified atom stereocenters. The molecule has 2 atom stereocenters. The molecule has 9 heteroatoms. The van der Waals surface area contributed by atoms with Gasteiger partial charge >= 0.3 is 5.97 Å². The van der Waals surface area contributed by atoms with E-state index in [4.69, 9.17) is 9.47 Å². The quantitative estimate of drug-likeness (QED) is 0.193. The minimum Gasteiger partial charge on any atom is -0.508 e. The number of H-pyrrole nitrogens is 1. The van der Waals surface area contributed by atoms with Gasteiger partial charge in [0.15, 0.2) is 0 Å². The molecule has 0 aliphatic rings. The van der Waals surface area contributed by atoms with Crippen LogP contribution in [-0.2, 0) is 20.8 Å². The normalized spacial score (nSPS) is 12.4. The number of rotatable bonds is 13. The van der Waals surface area contributed by atoms with Crippen molar-refractivity contribution in [1.29, 1.82) is 0 Å². The van der Waals surface area contributed by atoms with Gasteiger partial charge in [-0.05, 0) is 59.2 Å². The third-order valence-corrected chi connectivity index (χ3v) is 6.89. The first kappa shape index (κ1) is 28.2. The molecule has 4 rings (SSSR count). The van der Waals surface area contributed by atoms with Crippen molar-refractivity contribution in [2.75, 3.05) is 14.2 Å². The maximum Gasteiger partial charge on any atom is 0.326 e. The van der Waals surface area contributed by atoms with E-state index < -0.39 is 17.9 Å². The predicted octanol–water partition coefficient (Wildman–Crippen LogP) is 4.57. The second-order valence-electron chi connectivity index (χ2n) is 9.55. The Morgan fingerprint density at radius 3 is 2.23 bits per heavy atom. The molecular weight excluding hydrogens is 512 g/mol. The van der Waals surface area contributed by atoms with Gasteiger partial charge in [-0.2, -0.15) is 0 Å². The summed E-state index contributed by atoms with van der Waals surface area (Å²) in [7, 11) is 3.19. The average Bonchev–Trinajstić information content (AvgIpc) is 3.38. The third kappa shape index (κ3) is 6.99. The second kappa shape index (κ2) is 12.8. The highest BCUT2D eigenvalue weighted by atomic mass is 16.5. The average molecular weight is 545 g/mol. The zero-order valence-corrected chi connectivity index (χ0v) is 22.3. The van der Waals surface area contributed by atoms with Gasteiger partial charge in [-0.15, -0.1) is 0 Å². The summed E-state index contributed by atoms with van der Waals surface area (Å²) in [6, 6.07) is 18.2. The second-order valence-corrected chi connectivity index (χ2v) is 9.55. The van der Waals surface area contributed by atoms with Crippen molar-refractivity contribution < 1.29 is 34.1 Å². The van der Waals surface area contributed by atoms with Gasteiger partial charge in [0, 0.05) is 48.7 Å². The largest absolute Gasteiger partial charge is 0.508 e. The Kier molecular flexibility index (Phi) is 9.06. The lowest BCUT2D eigenvalue weighted by Gasteiger charge is -2.18. The number of methoxy groups -OCH3 is 2. The van der Waals surface area contributed by atoms with E-state index in [1.807, 2.05) is 48.7 Å². The topological polar surface area (TPSA) is 138 Å². The van der Waals surface area contributed by atoms with E-state index in [1.54, 1.807) is 26.4 Å². The Balaban J connectivity index is 1.46. The summed E-state index contributed by atoms with van der Waals surface area (Å²) in [6.07, 6.45) is 1.93. The van der Waals surface area contributed by atoms with E-state index in [9.17, 15) is 24.6 Å². The molecular formula is C31H32N2O7. The van der Waals surface area contributed by atoms with E-state index in [1.165, 1.54) is 12.1 Å². The maximum atomic E-state index is 13.2. The monoisotopic (exact) mass is 544 g/mol. The molecule has 0 spiro atoms. The molecule has 0 aliphatic carbocycles. The first-order chi connectivity index (χ1) is 19.3. The molecule has 9 nitrogen and oxygen atoms in total. The number of benzene rings is 3. The lowest BCUT2D eigenvalue weighted by Crippen LogP contribution is -2.42. The molecule has 0 aliphatic heterocycles. The summed E-state index contributed by atoms with van der Waals surface area (Å²) in [4.78, 5) is 40.8. The molecule has 208 valence electrons. The molecule has 4 aromatic rings. The number of nitrogens with one attached hydrogen (secondary N) is 2. The van der Waals surface area contributed by atoms with E-state index in [0.717, 1.165) is 22.0 Å². The molecule has 1 heterocycles. The zero-order valence-electron chi connectivity index (χ0n) is 22.3. The predicted molar refractivity (Wildman–Crippen MR) is 150 cm³/mol. The van der Waals surface area contributed by atoms with Crippen molar-refractivity contribution in [2.24, 2.45) is 0 Å². The Labute approximate surface area is 231 Å². The number of fused-ring (bicyclic) bond motifs is 1. The number of aromatic hydroxyl groups is 1. The molecule has 1 amide bonds. The molecule has 4 N–H and O–H groups in total. The van der Waals surface area contributed by atoms with Crippen molar-refractivity contribution >= 4 is 28.6 Å². The van der Waals surface area contributed by atoms with Gasteiger partial charge in [0.2, 0.25) is 5.91 Å². The van der Waals surface area contributed by atoms with Crippen LogP contribution in [0.5, 0.6) is 17.2 Å². The van der Waals surface area contributed by atoms with Gasteiger partial charge in [-0.25, -0.2) is 4.79 Å². The molecule has 0 fully saturated rings. The van der Waals surface area contributed by atoms with Crippen LogP contribution in [0.2, 0.25) is 0 Å². The number of carbonyl (C=O) groups is 3. The van der Waals surface area contributed by atoms with Gasteiger partial charge in [-0.3, -0.25) is 9.59 Å². The Bertz CT molecular complexity index is 1480. The van der Waals surface area contributed by atoms with Crippen LogP contribution < -0.4 is 14.8 Å². The number of carboxylic acid groups (broad SMARTS) is 1. The Morgan fingerprint density at radius 2 is 1.57 bits per heavy atom. The van der Waals surface area contributed by atoms with E-state index in [0.29, 0.717) is 17.1 Å².